The van der Waals surface area contributed by atoms with E-state index in [1.165, 1.54) is 29.8 Å². The quantitative estimate of drug-likeness (QED) is 0.524. The van der Waals surface area contributed by atoms with Gasteiger partial charge in [-0.2, -0.15) is 13.2 Å². The van der Waals surface area contributed by atoms with Crippen LogP contribution < -0.4 is 9.80 Å². The lowest BCUT2D eigenvalue weighted by molar-refractivity contribution is -0.137. The van der Waals surface area contributed by atoms with E-state index in [0.717, 1.165) is 12.1 Å². The molecule has 1 aliphatic heterocycles. The Kier molecular flexibility index (Phi) is 4.84. The maximum atomic E-state index is 13.9. The van der Waals surface area contributed by atoms with Gasteiger partial charge in [0.2, 0.25) is 5.91 Å². The molecule has 1 heterocycles. The molecule has 1 atom stereocenters. The Bertz CT molecular complexity index is 1150. The van der Waals surface area contributed by atoms with Gasteiger partial charge in [0, 0.05) is 12.7 Å². The molecular formula is C24H19F3N2O2. The SMILES string of the molecule is CN1C(=O)C(C)(c2ccccc2)C(=O)N(c2ccccc2)c2cc(C(F)(F)F)ccc21. The van der Waals surface area contributed by atoms with E-state index in [4.69, 9.17) is 0 Å². The van der Waals surface area contributed by atoms with Crippen LogP contribution in [0, 0.1) is 0 Å². The van der Waals surface area contributed by atoms with Crippen LogP contribution in [0.1, 0.15) is 18.1 Å². The number of benzene rings is 3. The lowest BCUT2D eigenvalue weighted by atomic mass is 9.79. The number of para-hydroxylation sites is 1. The van der Waals surface area contributed by atoms with E-state index in [9.17, 15) is 22.8 Å². The number of amides is 2. The van der Waals surface area contributed by atoms with Crippen molar-refractivity contribution in [2.24, 2.45) is 0 Å². The number of anilines is 3. The molecule has 0 bridgehead atoms. The van der Waals surface area contributed by atoms with E-state index in [-0.39, 0.29) is 11.4 Å². The molecule has 0 saturated carbocycles. The monoisotopic (exact) mass is 424 g/mol. The van der Waals surface area contributed by atoms with Crippen molar-refractivity contribution in [1.82, 2.24) is 0 Å². The smallest absolute Gasteiger partial charge is 0.312 e. The molecule has 3 aromatic carbocycles. The molecule has 0 N–H and O–H groups in total. The second kappa shape index (κ2) is 7.27. The third-order valence-electron chi connectivity index (χ3n) is 5.63. The Morgan fingerprint density at radius 2 is 1.35 bits per heavy atom. The van der Waals surface area contributed by atoms with E-state index in [1.807, 2.05) is 0 Å². The number of likely N-dealkylation sites (N-methyl/N-ethyl adjacent to an activating group) is 1. The summed E-state index contributed by atoms with van der Waals surface area (Å²) in [6, 6.07) is 20.0. The average molecular weight is 424 g/mol. The molecule has 3 aromatic rings. The normalized spacial score (nSPS) is 19.3. The van der Waals surface area contributed by atoms with Crippen molar-refractivity contribution in [2.75, 3.05) is 16.8 Å². The molecule has 158 valence electrons. The summed E-state index contributed by atoms with van der Waals surface area (Å²) < 4.78 is 40.5. The number of hydrogen-bond acceptors (Lipinski definition) is 2. The number of halogens is 3. The molecule has 4 nitrogen and oxygen atoms in total. The second-order valence-electron chi connectivity index (χ2n) is 7.53. The van der Waals surface area contributed by atoms with Crippen molar-refractivity contribution in [3.05, 3.63) is 90.0 Å². The standard InChI is InChI=1S/C24H19F3N2O2/c1-23(16-9-5-3-6-10-16)21(30)28(2)19-14-13-17(24(25,26)27)15-20(19)29(22(23)31)18-11-7-4-8-12-18/h3-15H,1-2H3. The number of fused-ring (bicyclic) bond motifs is 1. The van der Waals surface area contributed by atoms with Gasteiger partial charge < -0.3 is 4.90 Å². The highest BCUT2D eigenvalue weighted by atomic mass is 19.4. The molecule has 31 heavy (non-hydrogen) atoms. The lowest BCUT2D eigenvalue weighted by Crippen LogP contribution is -2.51. The highest BCUT2D eigenvalue weighted by molar-refractivity contribution is 6.26. The summed E-state index contributed by atoms with van der Waals surface area (Å²) in [6.45, 7) is 1.51. The van der Waals surface area contributed by atoms with Crippen LogP contribution in [0.5, 0.6) is 0 Å². The van der Waals surface area contributed by atoms with Crippen molar-refractivity contribution in [1.29, 1.82) is 0 Å². The molecule has 0 saturated heterocycles. The fraction of sp³-hybridized carbons (Fsp3) is 0.167. The number of alkyl halides is 3. The van der Waals surface area contributed by atoms with Crippen LogP contribution >= 0.6 is 0 Å². The van der Waals surface area contributed by atoms with Crippen molar-refractivity contribution in [3.63, 3.8) is 0 Å². The first-order valence-electron chi connectivity index (χ1n) is 9.60. The van der Waals surface area contributed by atoms with Crippen molar-refractivity contribution in [3.8, 4) is 0 Å². The predicted molar refractivity (Wildman–Crippen MR) is 112 cm³/mol. The summed E-state index contributed by atoms with van der Waals surface area (Å²) in [4.78, 5) is 30.0. The van der Waals surface area contributed by atoms with Crippen LogP contribution in [0.3, 0.4) is 0 Å². The Labute approximate surface area is 177 Å². The van der Waals surface area contributed by atoms with E-state index >= 15 is 0 Å². The van der Waals surface area contributed by atoms with Gasteiger partial charge in [-0.25, -0.2) is 0 Å². The van der Waals surface area contributed by atoms with Crippen molar-refractivity contribution >= 4 is 28.9 Å². The van der Waals surface area contributed by atoms with E-state index in [2.05, 4.69) is 0 Å². The van der Waals surface area contributed by atoms with Crippen LogP contribution in [0.25, 0.3) is 0 Å². The van der Waals surface area contributed by atoms with E-state index in [1.54, 1.807) is 60.7 Å². The number of rotatable bonds is 2. The summed E-state index contributed by atoms with van der Waals surface area (Å²) in [5.74, 6) is -1.15. The Morgan fingerprint density at radius 3 is 1.94 bits per heavy atom. The van der Waals surface area contributed by atoms with Crippen molar-refractivity contribution < 1.29 is 22.8 Å². The Morgan fingerprint density at radius 1 is 0.774 bits per heavy atom. The predicted octanol–water partition coefficient (Wildman–Crippen LogP) is 5.30. The molecule has 1 unspecified atom stereocenters. The molecule has 2 amide bonds. The lowest BCUT2D eigenvalue weighted by Gasteiger charge is -2.31. The second-order valence-corrected chi connectivity index (χ2v) is 7.53. The maximum absolute atomic E-state index is 13.9. The molecule has 1 aliphatic rings. The van der Waals surface area contributed by atoms with Gasteiger partial charge in [0.25, 0.3) is 5.91 Å². The van der Waals surface area contributed by atoms with Crippen LogP contribution in [0.4, 0.5) is 30.2 Å². The Balaban J connectivity index is 2.03. The van der Waals surface area contributed by atoms with Crippen LogP contribution in [-0.2, 0) is 21.2 Å². The molecule has 0 aliphatic carbocycles. The minimum absolute atomic E-state index is 0.00142. The zero-order valence-corrected chi connectivity index (χ0v) is 16.9. The van der Waals surface area contributed by atoms with Gasteiger partial charge in [0.15, 0.2) is 5.41 Å². The molecular weight excluding hydrogens is 405 g/mol. The first kappa shape index (κ1) is 20.7. The molecule has 0 fully saturated rings. The summed E-state index contributed by atoms with van der Waals surface area (Å²) in [5, 5.41) is 0. The highest BCUT2D eigenvalue weighted by Crippen LogP contribution is 2.45. The van der Waals surface area contributed by atoms with Gasteiger partial charge >= 0.3 is 6.18 Å². The van der Waals surface area contributed by atoms with Gasteiger partial charge in [0.1, 0.15) is 0 Å². The number of carbonyl (C=O) groups is 2. The molecule has 0 aromatic heterocycles. The summed E-state index contributed by atoms with van der Waals surface area (Å²) in [7, 11) is 1.47. The fourth-order valence-corrected chi connectivity index (χ4v) is 3.88. The summed E-state index contributed by atoms with van der Waals surface area (Å²) >= 11 is 0. The molecule has 0 radical (unpaired) electrons. The van der Waals surface area contributed by atoms with Crippen molar-refractivity contribution in [2.45, 2.75) is 18.5 Å². The minimum Gasteiger partial charge on any atom is -0.312 e. The van der Waals surface area contributed by atoms with E-state index < -0.39 is 29.0 Å². The zero-order valence-electron chi connectivity index (χ0n) is 16.9. The number of hydrogen-bond donors (Lipinski definition) is 0. The van der Waals surface area contributed by atoms with Crippen LogP contribution in [0.15, 0.2) is 78.9 Å². The van der Waals surface area contributed by atoms with Gasteiger partial charge in [-0.1, -0.05) is 48.5 Å². The summed E-state index contributed by atoms with van der Waals surface area (Å²) in [6.07, 6.45) is -4.60. The number of carbonyl (C=O) groups excluding carboxylic acids is 2. The molecule has 7 heteroatoms. The fourth-order valence-electron chi connectivity index (χ4n) is 3.88. The van der Waals surface area contributed by atoms with Gasteiger partial charge in [0.05, 0.1) is 16.9 Å². The highest BCUT2D eigenvalue weighted by Gasteiger charge is 2.51. The number of nitrogens with zero attached hydrogens (tertiary/aromatic N) is 2. The maximum Gasteiger partial charge on any atom is 0.416 e. The average Bonchev–Trinajstić information content (AvgIpc) is 2.83. The van der Waals surface area contributed by atoms with Gasteiger partial charge in [-0.3, -0.25) is 14.5 Å². The van der Waals surface area contributed by atoms with Gasteiger partial charge in [-0.15, -0.1) is 0 Å². The van der Waals surface area contributed by atoms with Crippen LogP contribution in [-0.4, -0.2) is 18.9 Å². The molecule has 4 rings (SSSR count). The third-order valence-corrected chi connectivity index (χ3v) is 5.63. The zero-order chi connectivity index (χ0) is 22.4. The Hall–Kier alpha value is -3.61. The van der Waals surface area contributed by atoms with Gasteiger partial charge in [-0.05, 0) is 42.8 Å². The first-order chi connectivity index (χ1) is 14.7. The van der Waals surface area contributed by atoms with E-state index in [0.29, 0.717) is 11.3 Å². The third kappa shape index (κ3) is 3.26. The minimum atomic E-state index is -4.60. The van der Waals surface area contributed by atoms with Crippen LogP contribution in [0.2, 0.25) is 0 Å². The largest absolute Gasteiger partial charge is 0.416 e. The topological polar surface area (TPSA) is 40.6 Å². The first-order valence-corrected chi connectivity index (χ1v) is 9.60. The summed E-state index contributed by atoms with van der Waals surface area (Å²) in [5.41, 5.74) is -1.48. The molecule has 0 spiro atoms.